The predicted octanol–water partition coefficient (Wildman–Crippen LogP) is 2.81. The van der Waals surface area contributed by atoms with Crippen molar-refractivity contribution in [2.45, 2.75) is 18.9 Å². The number of ether oxygens (including phenoxy) is 1. The van der Waals surface area contributed by atoms with Gasteiger partial charge in [0.25, 0.3) is 5.91 Å². The summed E-state index contributed by atoms with van der Waals surface area (Å²) < 4.78 is 20.1. The fourth-order valence-corrected chi connectivity index (χ4v) is 2.29. The van der Waals surface area contributed by atoms with Gasteiger partial charge in [-0.25, -0.2) is 4.39 Å². The van der Waals surface area contributed by atoms with Crippen molar-refractivity contribution in [2.24, 2.45) is 0 Å². The Bertz CT molecular complexity index is 692. The van der Waals surface area contributed by atoms with E-state index in [1.807, 2.05) is 4.57 Å². The molecule has 1 heterocycles. The average Bonchev–Trinajstić information content (AvgIpc) is 3.23. The Morgan fingerprint density at radius 2 is 2.19 bits per heavy atom. The first-order valence-electron chi connectivity index (χ1n) is 6.70. The molecule has 0 bridgehead atoms. The number of nitrogen functional groups attached to an aromatic ring is 1. The van der Waals surface area contributed by atoms with E-state index in [4.69, 9.17) is 10.5 Å². The number of rotatable bonds is 4. The largest absolute Gasteiger partial charge is 0.494 e. The van der Waals surface area contributed by atoms with Crippen molar-refractivity contribution in [1.82, 2.24) is 4.57 Å². The Hall–Kier alpha value is -2.50. The molecule has 1 saturated carbocycles. The molecule has 21 heavy (non-hydrogen) atoms. The van der Waals surface area contributed by atoms with E-state index in [9.17, 15) is 9.18 Å². The molecule has 0 atom stereocenters. The van der Waals surface area contributed by atoms with Crippen LogP contribution in [0.15, 0.2) is 30.5 Å². The molecule has 3 N–H and O–H groups in total. The lowest BCUT2D eigenvalue weighted by Crippen LogP contribution is -2.16. The fraction of sp³-hybridized carbons (Fsp3) is 0.267. The van der Waals surface area contributed by atoms with Crippen molar-refractivity contribution in [2.75, 3.05) is 18.2 Å². The van der Waals surface area contributed by atoms with Gasteiger partial charge in [0.2, 0.25) is 0 Å². The number of hydrogen-bond acceptors (Lipinski definition) is 3. The second kappa shape index (κ2) is 5.12. The third-order valence-electron chi connectivity index (χ3n) is 3.45. The zero-order valence-corrected chi connectivity index (χ0v) is 11.6. The maximum Gasteiger partial charge on any atom is 0.272 e. The number of carbonyl (C=O) groups is 1. The topological polar surface area (TPSA) is 69.3 Å². The van der Waals surface area contributed by atoms with E-state index in [1.54, 1.807) is 12.3 Å². The number of nitrogens with one attached hydrogen (secondary N) is 1. The Morgan fingerprint density at radius 1 is 1.43 bits per heavy atom. The van der Waals surface area contributed by atoms with Crippen LogP contribution in [0.1, 0.15) is 29.4 Å². The number of nitrogens with zero attached hydrogens (tertiary/aromatic N) is 1. The van der Waals surface area contributed by atoms with Crippen molar-refractivity contribution in [3.05, 3.63) is 42.0 Å². The molecule has 0 spiro atoms. The molecule has 5 nitrogen and oxygen atoms in total. The van der Waals surface area contributed by atoms with Crippen LogP contribution in [0, 0.1) is 5.82 Å². The summed E-state index contributed by atoms with van der Waals surface area (Å²) in [5.41, 5.74) is 7.25. The van der Waals surface area contributed by atoms with E-state index in [1.165, 1.54) is 25.3 Å². The molecule has 1 aromatic heterocycles. The van der Waals surface area contributed by atoms with Gasteiger partial charge in [-0.05, 0) is 31.0 Å². The number of nitrogens with two attached hydrogens (primary N) is 1. The van der Waals surface area contributed by atoms with Crippen LogP contribution in [0.2, 0.25) is 0 Å². The number of anilines is 2. The maximum atomic E-state index is 13.2. The second-order valence-corrected chi connectivity index (χ2v) is 5.10. The normalized spacial score (nSPS) is 14.0. The molecule has 1 aliphatic rings. The minimum Gasteiger partial charge on any atom is -0.494 e. The van der Waals surface area contributed by atoms with Crippen LogP contribution in [0.3, 0.4) is 0 Å². The lowest BCUT2D eigenvalue weighted by atomic mass is 10.2. The zero-order chi connectivity index (χ0) is 15.0. The maximum absolute atomic E-state index is 13.2. The highest BCUT2D eigenvalue weighted by atomic mass is 19.1. The molecule has 1 aliphatic carbocycles. The van der Waals surface area contributed by atoms with Gasteiger partial charge in [-0.2, -0.15) is 0 Å². The molecule has 1 amide bonds. The monoisotopic (exact) mass is 289 g/mol. The summed E-state index contributed by atoms with van der Waals surface area (Å²) in [7, 11) is 1.43. The van der Waals surface area contributed by atoms with E-state index in [-0.39, 0.29) is 11.7 Å². The lowest BCUT2D eigenvalue weighted by molar-refractivity contribution is 0.101. The molecular weight excluding hydrogens is 273 g/mol. The molecule has 0 saturated heterocycles. The quantitative estimate of drug-likeness (QED) is 0.909. The molecule has 1 aromatic carbocycles. The van der Waals surface area contributed by atoms with Crippen molar-refractivity contribution >= 4 is 17.3 Å². The molecule has 3 rings (SSSR count). The van der Waals surface area contributed by atoms with Crippen molar-refractivity contribution < 1.29 is 13.9 Å². The Kier molecular flexibility index (Phi) is 3.29. The fourth-order valence-electron chi connectivity index (χ4n) is 2.29. The molecular formula is C15H16FN3O2. The minimum atomic E-state index is -0.421. The zero-order valence-electron chi connectivity index (χ0n) is 11.6. The van der Waals surface area contributed by atoms with E-state index in [0.717, 1.165) is 12.8 Å². The molecule has 0 aliphatic heterocycles. The summed E-state index contributed by atoms with van der Waals surface area (Å²) in [6, 6.07) is 5.96. The van der Waals surface area contributed by atoms with Crippen LogP contribution in [0.5, 0.6) is 5.75 Å². The standard InChI is InChI=1S/C15H16FN3O2/c1-21-14-6-9(16)2-5-12(14)18-15(20)13-7-10(17)8-19(13)11-3-4-11/h2,5-8,11H,3-4,17H2,1H3,(H,18,20). The predicted molar refractivity (Wildman–Crippen MR) is 78.0 cm³/mol. The van der Waals surface area contributed by atoms with Crippen LogP contribution < -0.4 is 15.8 Å². The van der Waals surface area contributed by atoms with Gasteiger partial charge in [0, 0.05) is 18.3 Å². The molecule has 110 valence electrons. The number of amides is 1. The van der Waals surface area contributed by atoms with Crippen molar-refractivity contribution in [3.8, 4) is 5.75 Å². The first-order valence-corrected chi connectivity index (χ1v) is 6.70. The Balaban J connectivity index is 1.87. The lowest BCUT2D eigenvalue weighted by Gasteiger charge is -2.11. The first-order chi connectivity index (χ1) is 10.1. The Labute approximate surface area is 121 Å². The first kappa shape index (κ1) is 13.5. The number of hydrogen-bond donors (Lipinski definition) is 2. The van der Waals surface area contributed by atoms with Crippen LogP contribution in [0.25, 0.3) is 0 Å². The van der Waals surface area contributed by atoms with Gasteiger partial charge in [-0.3, -0.25) is 4.79 Å². The third kappa shape index (κ3) is 2.69. The van der Waals surface area contributed by atoms with E-state index >= 15 is 0 Å². The number of methoxy groups -OCH3 is 1. The highest BCUT2D eigenvalue weighted by Crippen LogP contribution is 2.37. The number of aromatic nitrogens is 1. The van der Waals surface area contributed by atoms with Gasteiger partial charge < -0.3 is 20.4 Å². The molecule has 1 fully saturated rings. The van der Waals surface area contributed by atoms with Crippen LogP contribution in [-0.4, -0.2) is 17.6 Å². The Morgan fingerprint density at radius 3 is 2.86 bits per heavy atom. The second-order valence-electron chi connectivity index (χ2n) is 5.10. The van der Waals surface area contributed by atoms with E-state index in [0.29, 0.717) is 23.1 Å². The average molecular weight is 289 g/mol. The van der Waals surface area contributed by atoms with Gasteiger partial charge in [0.05, 0.1) is 18.5 Å². The summed E-state index contributed by atoms with van der Waals surface area (Å²) in [4.78, 5) is 12.4. The van der Waals surface area contributed by atoms with Crippen LogP contribution in [0.4, 0.5) is 15.8 Å². The van der Waals surface area contributed by atoms with E-state index in [2.05, 4.69) is 5.32 Å². The van der Waals surface area contributed by atoms with Crippen LogP contribution >= 0.6 is 0 Å². The van der Waals surface area contributed by atoms with Crippen molar-refractivity contribution in [3.63, 3.8) is 0 Å². The van der Waals surface area contributed by atoms with Gasteiger partial charge >= 0.3 is 0 Å². The summed E-state index contributed by atoms with van der Waals surface area (Å²) >= 11 is 0. The van der Waals surface area contributed by atoms with Gasteiger partial charge in [0.15, 0.2) is 0 Å². The van der Waals surface area contributed by atoms with Crippen molar-refractivity contribution in [1.29, 1.82) is 0 Å². The summed E-state index contributed by atoms with van der Waals surface area (Å²) in [5.74, 6) is -0.431. The number of benzene rings is 1. The van der Waals surface area contributed by atoms with Gasteiger partial charge in [-0.1, -0.05) is 0 Å². The summed E-state index contributed by atoms with van der Waals surface area (Å²) in [5, 5.41) is 2.73. The van der Waals surface area contributed by atoms with Crippen LogP contribution in [-0.2, 0) is 0 Å². The molecule has 0 radical (unpaired) electrons. The third-order valence-corrected chi connectivity index (χ3v) is 3.45. The minimum absolute atomic E-state index is 0.279. The highest BCUT2D eigenvalue weighted by molar-refractivity contribution is 6.04. The van der Waals surface area contributed by atoms with Gasteiger partial charge in [-0.15, -0.1) is 0 Å². The van der Waals surface area contributed by atoms with E-state index < -0.39 is 5.82 Å². The highest BCUT2D eigenvalue weighted by Gasteiger charge is 2.28. The molecule has 6 heteroatoms. The number of carbonyl (C=O) groups excluding carboxylic acids is 1. The molecule has 0 unspecified atom stereocenters. The summed E-state index contributed by atoms with van der Waals surface area (Å²) in [6.07, 6.45) is 3.87. The summed E-state index contributed by atoms with van der Waals surface area (Å²) in [6.45, 7) is 0. The van der Waals surface area contributed by atoms with Gasteiger partial charge in [0.1, 0.15) is 17.3 Å². The SMILES string of the molecule is COc1cc(F)ccc1NC(=O)c1cc(N)cn1C1CC1. The number of halogens is 1. The smallest absolute Gasteiger partial charge is 0.272 e. The molecule has 2 aromatic rings.